The fourth-order valence-corrected chi connectivity index (χ4v) is 4.57. The highest BCUT2D eigenvalue weighted by atomic mass is 16.2. The van der Waals surface area contributed by atoms with Gasteiger partial charge in [0.2, 0.25) is 5.91 Å². The average molecular weight is 387 g/mol. The van der Waals surface area contributed by atoms with Crippen LogP contribution >= 0.6 is 0 Å². The summed E-state index contributed by atoms with van der Waals surface area (Å²) in [5, 5.41) is 0.997. The Morgan fingerprint density at radius 3 is 2.66 bits per heavy atom. The van der Waals surface area contributed by atoms with Crippen LogP contribution in [0.25, 0.3) is 11.0 Å². The lowest BCUT2D eigenvalue weighted by molar-refractivity contribution is -0.133. The molecule has 1 amide bonds. The smallest absolute Gasteiger partial charge is 0.223 e. The number of anilines is 1. The SMILES string of the molecule is O=C(CC1CCN(c2ncnc3ncccc23)CC1)N1CCc2ccccc2C1. The number of pyridine rings is 1. The van der Waals surface area contributed by atoms with Crippen LogP contribution in [0.3, 0.4) is 0 Å². The van der Waals surface area contributed by atoms with Gasteiger partial charge in [-0.05, 0) is 48.4 Å². The lowest BCUT2D eigenvalue weighted by Crippen LogP contribution is -2.39. The fourth-order valence-electron chi connectivity index (χ4n) is 4.57. The average Bonchev–Trinajstić information content (AvgIpc) is 2.79. The summed E-state index contributed by atoms with van der Waals surface area (Å²) >= 11 is 0. The van der Waals surface area contributed by atoms with Crippen molar-refractivity contribution in [1.29, 1.82) is 0 Å². The molecule has 0 atom stereocenters. The first kappa shape index (κ1) is 18.0. The highest BCUT2D eigenvalue weighted by Gasteiger charge is 2.27. The van der Waals surface area contributed by atoms with Crippen LogP contribution in [0, 0.1) is 5.92 Å². The van der Waals surface area contributed by atoms with Crippen LogP contribution in [-0.4, -0.2) is 45.4 Å². The number of amides is 1. The number of aromatic nitrogens is 3. The summed E-state index contributed by atoms with van der Waals surface area (Å²) in [4.78, 5) is 30.3. The van der Waals surface area contributed by atoms with E-state index in [-0.39, 0.29) is 0 Å². The molecule has 2 aromatic heterocycles. The Morgan fingerprint density at radius 1 is 0.966 bits per heavy atom. The number of hydrogen-bond donors (Lipinski definition) is 0. The predicted octanol–water partition coefficient (Wildman–Crippen LogP) is 3.22. The van der Waals surface area contributed by atoms with Crippen LogP contribution in [0.15, 0.2) is 48.9 Å². The Labute approximate surface area is 170 Å². The first-order valence-corrected chi connectivity index (χ1v) is 10.4. The molecule has 148 valence electrons. The topological polar surface area (TPSA) is 62.2 Å². The van der Waals surface area contributed by atoms with Crippen molar-refractivity contribution in [3.05, 3.63) is 60.0 Å². The molecule has 0 unspecified atom stereocenters. The lowest BCUT2D eigenvalue weighted by atomic mass is 9.92. The van der Waals surface area contributed by atoms with Crippen molar-refractivity contribution in [3.8, 4) is 0 Å². The van der Waals surface area contributed by atoms with Gasteiger partial charge in [-0.15, -0.1) is 0 Å². The van der Waals surface area contributed by atoms with Crippen molar-refractivity contribution >= 4 is 22.8 Å². The van der Waals surface area contributed by atoms with Gasteiger partial charge in [0.05, 0.1) is 5.39 Å². The van der Waals surface area contributed by atoms with Crippen LogP contribution in [0.5, 0.6) is 0 Å². The zero-order valence-corrected chi connectivity index (χ0v) is 16.5. The Morgan fingerprint density at radius 2 is 1.79 bits per heavy atom. The van der Waals surface area contributed by atoms with Crippen LogP contribution in [0.1, 0.15) is 30.4 Å². The molecule has 6 heteroatoms. The van der Waals surface area contributed by atoms with Gasteiger partial charge in [-0.25, -0.2) is 15.0 Å². The van der Waals surface area contributed by atoms with E-state index in [0.717, 1.165) is 62.3 Å². The van der Waals surface area contributed by atoms with Crippen molar-refractivity contribution in [3.63, 3.8) is 0 Å². The quantitative estimate of drug-likeness (QED) is 0.691. The highest BCUT2D eigenvalue weighted by molar-refractivity contribution is 5.86. The second kappa shape index (κ2) is 7.78. The number of carbonyl (C=O) groups is 1. The van der Waals surface area contributed by atoms with Crippen molar-refractivity contribution in [2.45, 2.75) is 32.2 Å². The minimum Gasteiger partial charge on any atom is -0.356 e. The van der Waals surface area contributed by atoms with Gasteiger partial charge < -0.3 is 9.80 Å². The fraction of sp³-hybridized carbons (Fsp3) is 0.391. The maximum atomic E-state index is 12.9. The van der Waals surface area contributed by atoms with Gasteiger partial charge in [-0.1, -0.05) is 24.3 Å². The zero-order chi connectivity index (χ0) is 19.6. The molecule has 1 aromatic carbocycles. The summed E-state index contributed by atoms with van der Waals surface area (Å²) in [5.74, 6) is 1.71. The monoisotopic (exact) mass is 387 g/mol. The molecule has 0 radical (unpaired) electrons. The van der Waals surface area contributed by atoms with E-state index in [2.05, 4.69) is 44.1 Å². The maximum Gasteiger partial charge on any atom is 0.223 e. The number of fused-ring (bicyclic) bond motifs is 2. The Bertz CT molecular complexity index is 1020. The third-order valence-corrected chi connectivity index (χ3v) is 6.25. The largest absolute Gasteiger partial charge is 0.356 e. The molecule has 4 heterocycles. The molecule has 2 aliphatic rings. The molecule has 5 rings (SSSR count). The van der Waals surface area contributed by atoms with Gasteiger partial charge in [0.25, 0.3) is 0 Å². The zero-order valence-electron chi connectivity index (χ0n) is 16.5. The second-order valence-electron chi connectivity index (χ2n) is 8.04. The summed E-state index contributed by atoms with van der Waals surface area (Å²) < 4.78 is 0. The Balaban J connectivity index is 1.20. The van der Waals surface area contributed by atoms with E-state index in [1.54, 1.807) is 12.5 Å². The molecule has 2 aliphatic heterocycles. The van der Waals surface area contributed by atoms with Crippen molar-refractivity contribution in [2.24, 2.45) is 5.92 Å². The molecule has 0 N–H and O–H groups in total. The molecule has 3 aromatic rings. The third kappa shape index (κ3) is 3.67. The minimum atomic E-state index is 0.301. The molecule has 1 fully saturated rings. The molecule has 29 heavy (non-hydrogen) atoms. The predicted molar refractivity (Wildman–Crippen MR) is 112 cm³/mol. The molecule has 0 bridgehead atoms. The van der Waals surface area contributed by atoms with Crippen LogP contribution in [0.4, 0.5) is 5.82 Å². The van der Waals surface area contributed by atoms with Gasteiger partial charge >= 0.3 is 0 Å². The number of hydrogen-bond acceptors (Lipinski definition) is 5. The van der Waals surface area contributed by atoms with Crippen molar-refractivity contribution in [1.82, 2.24) is 19.9 Å². The molecule has 0 saturated carbocycles. The van der Waals surface area contributed by atoms with Crippen LogP contribution in [0.2, 0.25) is 0 Å². The second-order valence-corrected chi connectivity index (χ2v) is 8.04. The van der Waals surface area contributed by atoms with E-state index in [1.807, 2.05) is 17.0 Å². The Kier molecular flexibility index (Phi) is 4.84. The summed E-state index contributed by atoms with van der Waals surface area (Å²) in [6.07, 6.45) is 7.01. The number of carbonyl (C=O) groups excluding carboxylic acids is 1. The summed E-state index contributed by atoms with van der Waals surface area (Å²) in [6.45, 7) is 3.44. The molecule has 6 nitrogen and oxygen atoms in total. The molecule has 0 spiro atoms. The van der Waals surface area contributed by atoms with Crippen LogP contribution in [-0.2, 0) is 17.8 Å². The van der Waals surface area contributed by atoms with Gasteiger partial charge in [0, 0.05) is 38.8 Å². The molecule has 0 aliphatic carbocycles. The highest BCUT2D eigenvalue weighted by Crippen LogP contribution is 2.29. The number of benzene rings is 1. The molecular formula is C23H25N5O. The number of rotatable bonds is 3. The first-order chi connectivity index (χ1) is 14.3. The Hall–Kier alpha value is -3.02. The van der Waals surface area contributed by atoms with E-state index in [9.17, 15) is 4.79 Å². The van der Waals surface area contributed by atoms with Crippen molar-refractivity contribution < 1.29 is 4.79 Å². The third-order valence-electron chi connectivity index (χ3n) is 6.25. The van der Waals surface area contributed by atoms with E-state index in [1.165, 1.54) is 11.1 Å². The normalized spacial score (nSPS) is 17.4. The van der Waals surface area contributed by atoms with E-state index in [4.69, 9.17) is 0 Å². The van der Waals surface area contributed by atoms with E-state index in [0.29, 0.717) is 18.2 Å². The van der Waals surface area contributed by atoms with E-state index >= 15 is 0 Å². The minimum absolute atomic E-state index is 0.301. The number of nitrogens with zero attached hydrogens (tertiary/aromatic N) is 5. The van der Waals surface area contributed by atoms with Gasteiger partial charge in [-0.2, -0.15) is 0 Å². The summed E-state index contributed by atoms with van der Waals surface area (Å²) in [7, 11) is 0. The standard InChI is InChI=1S/C23H25N5O/c29-21(28-13-9-18-4-1-2-5-19(18)15-28)14-17-7-11-27(12-8-17)23-20-6-3-10-24-22(20)25-16-26-23/h1-6,10,16-17H,7-9,11-15H2. The first-order valence-electron chi connectivity index (χ1n) is 10.4. The summed E-state index contributed by atoms with van der Waals surface area (Å²) in [6, 6.07) is 12.4. The van der Waals surface area contributed by atoms with Crippen LogP contribution < -0.4 is 4.90 Å². The molecular weight excluding hydrogens is 362 g/mol. The van der Waals surface area contributed by atoms with Crippen molar-refractivity contribution in [2.75, 3.05) is 24.5 Å². The molecule has 1 saturated heterocycles. The van der Waals surface area contributed by atoms with Gasteiger partial charge in [0.1, 0.15) is 12.1 Å². The van der Waals surface area contributed by atoms with Gasteiger partial charge in [-0.3, -0.25) is 4.79 Å². The van der Waals surface area contributed by atoms with Gasteiger partial charge in [0.15, 0.2) is 5.65 Å². The maximum absolute atomic E-state index is 12.9. The number of piperidine rings is 1. The lowest BCUT2D eigenvalue weighted by Gasteiger charge is -2.35. The summed E-state index contributed by atoms with van der Waals surface area (Å²) in [5.41, 5.74) is 3.42. The van der Waals surface area contributed by atoms with E-state index < -0.39 is 0 Å².